The Morgan fingerprint density at radius 3 is 2.47 bits per heavy atom. The molecule has 0 unspecified atom stereocenters. The lowest BCUT2D eigenvalue weighted by atomic mass is 10.1. The predicted octanol–water partition coefficient (Wildman–Crippen LogP) is 1.63. The van der Waals surface area contributed by atoms with E-state index in [-0.39, 0.29) is 24.5 Å². The van der Waals surface area contributed by atoms with Crippen molar-refractivity contribution in [1.82, 2.24) is 9.88 Å². The van der Waals surface area contributed by atoms with Crippen molar-refractivity contribution < 1.29 is 9.90 Å². The third kappa shape index (κ3) is 3.92. The van der Waals surface area contributed by atoms with Crippen molar-refractivity contribution in [3.8, 4) is 0 Å². The third-order valence-corrected chi connectivity index (χ3v) is 2.93. The minimum Gasteiger partial charge on any atom is -0.395 e. The Morgan fingerprint density at radius 1 is 1.37 bits per heavy atom. The molecule has 1 aromatic rings. The zero-order valence-corrected chi connectivity index (χ0v) is 12.1. The van der Waals surface area contributed by atoms with E-state index in [1.807, 2.05) is 27.7 Å². The van der Waals surface area contributed by atoms with Gasteiger partial charge in [-0.05, 0) is 31.9 Å². The number of pyridine rings is 1. The molecule has 1 amide bonds. The van der Waals surface area contributed by atoms with Crippen LogP contribution in [0.3, 0.4) is 0 Å². The summed E-state index contributed by atoms with van der Waals surface area (Å²) in [4.78, 5) is 18.3. The molecule has 0 aliphatic heterocycles. The number of carbonyl (C=O) groups excluding carboxylic acids is 1. The van der Waals surface area contributed by atoms with Gasteiger partial charge in [0, 0.05) is 23.8 Å². The number of nitrogen functional groups attached to an aromatic ring is 1. The van der Waals surface area contributed by atoms with E-state index >= 15 is 0 Å². The van der Waals surface area contributed by atoms with Crippen molar-refractivity contribution in [2.45, 2.75) is 39.7 Å². The van der Waals surface area contributed by atoms with Crippen LogP contribution in [-0.2, 0) is 0 Å². The minimum absolute atomic E-state index is 0.0246. The first kappa shape index (κ1) is 15.4. The zero-order valence-electron chi connectivity index (χ0n) is 12.1. The van der Waals surface area contributed by atoms with Gasteiger partial charge in [0.15, 0.2) is 0 Å². The Hall–Kier alpha value is -1.62. The summed E-state index contributed by atoms with van der Waals surface area (Å²) < 4.78 is 0. The first-order chi connectivity index (χ1) is 8.86. The molecule has 5 heteroatoms. The standard InChI is InChI=1S/C14H23N3O2/c1-9(2)12-7-11(8-13(15)16-12)14(19)17(5-6-18)10(3)4/h7-10,18H,5-6H2,1-4H3,(H2,15,16). The molecule has 0 fully saturated rings. The van der Waals surface area contributed by atoms with Gasteiger partial charge in [0.2, 0.25) is 0 Å². The van der Waals surface area contributed by atoms with E-state index in [2.05, 4.69) is 4.98 Å². The van der Waals surface area contributed by atoms with Gasteiger partial charge >= 0.3 is 0 Å². The van der Waals surface area contributed by atoms with Crippen molar-refractivity contribution in [3.05, 3.63) is 23.4 Å². The van der Waals surface area contributed by atoms with Crippen molar-refractivity contribution in [2.75, 3.05) is 18.9 Å². The summed E-state index contributed by atoms with van der Waals surface area (Å²) in [7, 11) is 0. The number of rotatable bonds is 5. The van der Waals surface area contributed by atoms with Gasteiger partial charge in [-0.25, -0.2) is 4.98 Å². The molecule has 0 atom stereocenters. The molecular formula is C14H23N3O2. The SMILES string of the molecule is CC(C)c1cc(C(=O)N(CCO)C(C)C)cc(N)n1. The maximum atomic E-state index is 12.4. The lowest BCUT2D eigenvalue weighted by Crippen LogP contribution is -2.39. The molecule has 19 heavy (non-hydrogen) atoms. The number of anilines is 1. The number of nitrogens with two attached hydrogens (primary N) is 1. The van der Waals surface area contributed by atoms with Crippen LogP contribution < -0.4 is 5.73 Å². The van der Waals surface area contributed by atoms with Crippen LogP contribution in [0.25, 0.3) is 0 Å². The second-order valence-electron chi connectivity index (χ2n) is 5.18. The number of aromatic nitrogens is 1. The average molecular weight is 265 g/mol. The number of hydrogen-bond donors (Lipinski definition) is 2. The minimum atomic E-state index is -0.125. The third-order valence-electron chi connectivity index (χ3n) is 2.93. The second-order valence-corrected chi connectivity index (χ2v) is 5.18. The van der Waals surface area contributed by atoms with Crippen LogP contribution in [0, 0.1) is 0 Å². The van der Waals surface area contributed by atoms with E-state index < -0.39 is 0 Å². The lowest BCUT2D eigenvalue weighted by molar-refractivity contribution is 0.0665. The number of aliphatic hydroxyl groups is 1. The van der Waals surface area contributed by atoms with Gasteiger partial charge in [-0.1, -0.05) is 13.8 Å². The highest BCUT2D eigenvalue weighted by atomic mass is 16.3. The Bertz CT molecular complexity index is 444. The van der Waals surface area contributed by atoms with E-state index in [1.165, 1.54) is 0 Å². The molecule has 0 aromatic carbocycles. The largest absolute Gasteiger partial charge is 0.395 e. The lowest BCUT2D eigenvalue weighted by Gasteiger charge is -2.26. The van der Waals surface area contributed by atoms with Crippen LogP contribution in [0.1, 0.15) is 49.7 Å². The summed E-state index contributed by atoms with van der Waals surface area (Å²) in [6, 6.07) is 3.38. The fourth-order valence-corrected chi connectivity index (χ4v) is 1.86. The topological polar surface area (TPSA) is 79.5 Å². The van der Waals surface area contributed by atoms with Gasteiger partial charge in [-0.2, -0.15) is 0 Å². The predicted molar refractivity (Wildman–Crippen MR) is 76.0 cm³/mol. The number of nitrogens with zero attached hydrogens (tertiary/aromatic N) is 2. The normalized spacial score (nSPS) is 11.1. The van der Waals surface area contributed by atoms with Gasteiger partial charge in [-0.15, -0.1) is 0 Å². The van der Waals surface area contributed by atoms with Crippen molar-refractivity contribution in [1.29, 1.82) is 0 Å². The number of amides is 1. The van der Waals surface area contributed by atoms with Crippen LogP contribution >= 0.6 is 0 Å². The molecule has 0 saturated heterocycles. The van der Waals surface area contributed by atoms with Gasteiger partial charge in [0.05, 0.1) is 6.61 Å². The first-order valence-corrected chi connectivity index (χ1v) is 6.56. The van der Waals surface area contributed by atoms with Crippen LogP contribution in [0.5, 0.6) is 0 Å². The van der Waals surface area contributed by atoms with Crippen LogP contribution in [-0.4, -0.2) is 40.1 Å². The Labute approximate surface area is 114 Å². The van der Waals surface area contributed by atoms with Gasteiger partial charge in [0.1, 0.15) is 5.82 Å². The van der Waals surface area contributed by atoms with E-state index in [0.29, 0.717) is 17.9 Å². The Balaban J connectivity index is 3.10. The van der Waals surface area contributed by atoms with Crippen LogP contribution in [0.15, 0.2) is 12.1 Å². The quantitative estimate of drug-likeness (QED) is 0.848. The molecule has 106 valence electrons. The molecule has 0 spiro atoms. The number of carbonyl (C=O) groups is 1. The molecule has 3 N–H and O–H groups in total. The van der Waals surface area contributed by atoms with E-state index in [0.717, 1.165) is 5.69 Å². The smallest absolute Gasteiger partial charge is 0.254 e. The molecular weight excluding hydrogens is 242 g/mol. The van der Waals surface area contributed by atoms with Gasteiger partial charge < -0.3 is 15.7 Å². The Morgan fingerprint density at radius 2 is 2.00 bits per heavy atom. The van der Waals surface area contributed by atoms with Crippen LogP contribution in [0.2, 0.25) is 0 Å². The van der Waals surface area contributed by atoms with Gasteiger partial charge in [0.25, 0.3) is 5.91 Å². The molecule has 1 rings (SSSR count). The molecule has 1 heterocycles. The number of aliphatic hydroxyl groups excluding tert-OH is 1. The molecule has 0 saturated carbocycles. The maximum absolute atomic E-state index is 12.4. The van der Waals surface area contributed by atoms with E-state index in [4.69, 9.17) is 10.8 Å². The molecule has 0 aliphatic carbocycles. The summed E-state index contributed by atoms with van der Waals surface area (Å²) in [5, 5.41) is 9.05. The fraction of sp³-hybridized carbons (Fsp3) is 0.571. The summed E-state index contributed by atoms with van der Waals surface area (Å²) in [5.41, 5.74) is 7.08. The molecule has 0 radical (unpaired) electrons. The highest BCUT2D eigenvalue weighted by Gasteiger charge is 2.19. The maximum Gasteiger partial charge on any atom is 0.254 e. The highest BCUT2D eigenvalue weighted by Crippen LogP contribution is 2.18. The van der Waals surface area contributed by atoms with Crippen molar-refractivity contribution in [2.24, 2.45) is 0 Å². The second kappa shape index (κ2) is 6.52. The number of hydrogen-bond acceptors (Lipinski definition) is 4. The van der Waals surface area contributed by atoms with E-state index in [9.17, 15) is 4.79 Å². The highest BCUT2D eigenvalue weighted by molar-refractivity contribution is 5.95. The average Bonchev–Trinajstić information content (AvgIpc) is 2.33. The van der Waals surface area contributed by atoms with Crippen molar-refractivity contribution >= 4 is 11.7 Å². The van der Waals surface area contributed by atoms with E-state index in [1.54, 1.807) is 17.0 Å². The Kier molecular flexibility index (Phi) is 5.30. The fourth-order valence-electron chi connectivity index (χ4n) is 1.86. The van der Waals surface area contributed by atoms with Crippen molar-refractivity contribution in [3.63, 3.8) is 0 Å². The molecule has 1 aromatic heterocycles. The summed E-state index contributed by atoms with van der Waals surface area (Å²) in [6.45, 7) is 8.11. The first-order valence-electron chi connectivity index (χ1n) is 6.56. The van der Waals surface area contributed by atoms with Crippen LogP contribution in [0.4, 0.5) is 5.82 Å². The zero-order chi connectivity index (χ0) is 14.6. The monoisotopic (exact) mass is 265 g/mol. The molecule has 0 aliphatic rings. The molecule has 0 bridgehead atoms. The summed E-state index contributed by atoms with van der Waals surface area (Å²) in [6.07, 6.45) is 0. The summed E-state index contributed by atoms with van der Waals surface area (Å²) in [5.74, 6) is 0.433. The summed E-state index contributed by atoms with van der Waals surface area (Å²) >= 11 is 0. The molecule has 5 nitrogen and oxygen atoms in total. The van der Waals surface area contributed by atoms with Gasteiger partial charge in [-0.3, -0.25) is 4.79 Å².